The maximum absolute atomic E-state index is 11.2. The Balaban J connectivity index is 1.63. The average molecular weight is 401 g/mol. The highest BCUT2D eigenvalue weighted by molar-refractivity contribution is 7.99. The van der Waals surface area contributed by atoms with Gasteiger partial charge >= 0.3 is 0 Å². The molecule has 2 aromatic carbocycles. The number of aromatic nitrogens is 2. The first-order valence-corrected chi connectivity index (χ1v) is 10.0. The number of pyridine rings is 2. The number of carbonyl (C=O) groups excluding carboxylic acids is 1. The normalized spacial score (nSPS) is 10.7. The lowest BCUT2D eigenvalue weighted by molar-refractivity contribution is -0.114. The van der Waals surface area contributed by atoms with Gasteiger partial charge < -0.3 is 10.6 Å². The summed E-state index contributed by atoms with van der Waals surface area (Å²) in [6.45, 7) is 3.58. The maximum atomic E-state index is 11.2. The fourth-order valence-corrected chi connectivity index (χ4v) is 3.89. The third-order valence-corrected chi connectivity index (χ3v) is 5.41. The summed E-state index contributed by atoms with van der Waals surface area (Å²) in [5.41, 5.74) is 4.68. The Morgan fingerprint density at radius 2 is 1.72 bits per heavy atom. The van der Waals surface area contributed by atoms with Gasteiger partial charge in [-0.3, -0.25) is 4.79 Å². The molecular weight excluding hydrogens is 380 g/mol. The highest BCUT2D eigenvalue weighted by Gasteiger charge is 2.09. The van der Waals surface area contributed by atoms with Crippen LogP contribution in [0, 0.1) is 6.92 Å². The van der Waals surface area contributed by atoms with Crippen molar-refractivity contribution in [2.24, 2.45) is 0 Å². The fourth-order valence-electron chi connectivity index (χ4n) is 3.00. The lowest BCUT2D eigenvalue weighted by Crippen LogP contribution is -2.05. The second-order valence-corrected chi connectivity index (χ2v) is 7.78. The molecule has 0 atom stereocenters. The Hall–Kier alpha value is -3.38. The van der Waals surface area contributed by atoms with E-state index in [4.69, 9.17) is 0 Å². The van der Waals surface area contributed by atoms with Crippen LogP contribution in [0.4, 0.5) is 17.1 Å². The maximum Gasteiger partial charge on any atom is 0.221 e. The number of rotatable bonds is 5. The van der Waals surface area contributed by atoms with Gasteiger partial charge in [-0.05, 0) is 67.1 Å². The molecule has 2 heterocycles. The van der Waals surface area contributed by atoms with E-state index < -0.39 is 0 Å². The molecule has 0 fully saturated rings. The van der Waals surface area contributed by atoms with Crippen LogP contribution in [-0.2, 0) is 4.79 Å². The number of hydrogen-bond donors (Lipinski definition) is 2. The van der Waals surface area contributed by atoms with Gasteiger partial charge in [0.15, 0.2) is 5.65 Å². The second-order valence-electron chi connectivity index (χ2n) is 6.67. The Morgan fingerprint density at radius 3 is 2.52 bits per heavy atom. The summed E-state index contributed by atoms with van der Waals surface area (Å²) in [6.07, 6.45) is 3.51. The van der Waals surface area contributed by atoms with Gasteiger partial charge in [0, 0.05) is 40.2 Å². The number of nitrogens with one attached hydrogen (secondary N) is 2. The van der Waals surface area contributed by atoms with Crippen LogP contribution >= 0.6 is 11.8 Å². The Morgan fingerprint density at radius 1 is 0.931 bits per heavy atom. The molecule has 0 unspecified atom stereocenters. The number of fused-ring (bicyclic) bond motifs is 1. The van der Waals surface area contributed by atoms with Gasteiger partial charge in [-0.2, -0.15) is 0 Å². The van der Waals surface area contributed by atoms with Crippen molar-refractivity contribution in [1.82, 2.24) is 9.97 Å². The Bertz CT molecular complexity index is 1170. The van der Waals surface area contributed by atoms with Crippen LogP contribution in [0.15, 0.2) is 82.8 Å². The van der Waals surface area contributed by atoms with Gasteiger partial charge in [-0.25, -0.2) is 9.97 Å². The molecule has 2 N–H and O–H groups in total. The molecule has 0 spiro atoms. The number of aryl methyl sites for hydroxylation is 1. The molecule has 0 radical (unpaired) electrons. The third-order valence-electron chi connectivity index (χ3n) is 4.32. The van der Waals surface area contributed by atoms with Gasteiger partial charge in [0.05, 0.1) is 11.4 Å². The summed E-state index contributed by atoms with van der Waals surface area (Å²) >= 11 is 1.67. The van der Waals surface area contributed by atoms with E-state index in [-0.39, 0.29) is 5.91 Å². The molecule has 5 nitrogen and oxygen atoms in total. The largest absolute Gasteiger partial charge is 0.354 e. The van der Waals surface area contributed by atoms with Crippen molar-refractivity contribution in [2.75, 3.05) is 10.6 Å². The van der Waals surface area contributed by atoms with Gasteiger partial charge in [-0.1, -0.05) is 17.8 Å². The minimum Gasteiger partial charge on any atom is -0.354 e. The highest BCUT2D eigenvalue weighted by atomic mass is 32.2. The zero-order valence-electron chi connectivity index (χ0n) is 16.1. The predicted molar refractivity (Wildman–Crippen MR) is 119 cm³/mol. The van der Waals surface area contributed by atoms with Gasteiger partial charge in [-0.15, -0.1) is 0 Å². The number of carbonyl (C=O) groups is 1. The number of anilines is 3. The third kappa shape index (κ3) is 4.55. The van der Waals surface area contributed by atoms with Gasteiger partial charge in [0.1, 0.15) is 0 Å². The molecule has 0 aliphatic carbocycles. The molecule has 0 saturated heterocycles. The predicted octanol–water partition coefficient (Wildman–Crippen LogP) is 5.79. The van der Waals surface area contributed by atoms with Crippen LogP contribution in [0.25, 0.3) is 11.0 Å². The molecule has 0 aliphatic heterocycles. The van der Waals surface area contributed by atoms with E-state index in [1.54, 1.807) is 24.2 Å². The van der Waals surface area contributed by atoms with E-state index in [0.29, 0.717) is 5.65 Å². The van der Waals surface area contributed by atoms with E-state index in [2.05, 4.69) is 45.7 Å². The van der Waals surface area contributed by atoms with E-state index in [0.717, 1.165) is 32.2 Å². The van der Waals surface area contributed by atoms with Crippen molar-refractivity contribution in [3.05, 3.63) is 78.6 Å². The zero-order chi connectivity index (χ0) is 20.2. The van der Waals surface area contributed by atoms with Crippen molar-refractivity contribution >= 4 is 45.8 Å². The lowest BCUT2D eigenvalue weighted by atomic mass is 10.2. The Labute approximate surface area is 173 Å². The first-order chi connectivity index (χ1) is 14.1. The minimum absolute atomic E-state index is 0.0745. The van der Waals surface area contributed by atoms with Crippen LogP contribution in [-0.4, -0.2) is 15.9 Å². The monoisotopic (exact) mass is 400 g/mol. The standard InChI is InChI=1S/C23H20N4OS/c1-15-5-10-22(29-18-8-6-17(7-9-18)26-16(2)28)21(14-15)27-20-11-13-25-23-19(20)4-3-12-24-23/h3-14H,1-2H3,(H,26,28)(H,24,25,27). The first kappa shape index (κ1) is 19.0. The molecule has 0 bridgehead atoms. The molecule has 4 rings (SSSR count). The molecule has 0 saturated carbocycles. The fraction of sp³-hybridized carbons (Fsp3) is 0.0870. The van der Waals surface area contributed by atoms with E-state index in [1.165, 1.54) is 12.5 Å². The molecule has 4 aromatic rings. The van der Waals surface area contributed by atoms with Crippen molar-refractivity contribution in [3.63, 3.8) is 0 Å². The van der Waals surface area contributed by atoms with E-state index >= 15 is 0 Å². The van der Waals surface area contributed by atoms with Crippen LogP contribution in [0.3, 0.4) is 0 Å². The van der Waals surface area contributed by atoms with Crippen molar-refractivity contribution in [1.29, 1.82) is 0 Å². The first-order valence-electron chi connectivity index (χ1n) is 9.21. The number of hydrogen-bond acceptors (Lipinski definition) is 5. The van der Waals surface area contributed by atoms with Gasteiger partial charge in [0.2, 0.25) is 5.91 Å². The van der Waals surface area contributed by atoms with E-state index in [9.17, 15) is 4.79 Å². The molecule has 29 heavy (non-hydrogen) atoms. The SMILES string of the molecule is CC(=O)Nc1ccc(Sc2ccc(C)cc2Nc2ccnc3ncccc23)cc1. The van der Waals surface area contributed by atoms with Crippen LogP contribution in [0.1, 0.15) is 12.5 Å². The van der Waals surface area contributed by atoms with Crippen LogP contribution in [0.5, 0.6) is 0 Å². The summed E-state index contributed by atoms with van der Waals surface area (Å²) in [7, 11) is 0. The quantitative estimate of drug-likeness (QED) is 0.444. The molecule has 2 aromatic heterocycles. The second kappa shape index (κ2) is 8.32. The zero-order valence-corrected chi connectivity index (χ0v) is 17.0. The smallest absolute Gasteiger partial charge is 0.221 e. The molecule has 1 amide bonds. The number of benzene rings is 2. The van der Waals surface area contributed by atoms with E-state index in [1.807, 2.05) is 42.5 Å². The summed E-state index contributed by atoms with van der Waals surface area (Å²) in [4.78, 5) is 22.1. The Kier molecular flexibility index (Phi) is 5.44. The van der Waals surface area contributed by atoms with Gasteiger partial charge in [0.25, 0.3) is 0 Å². The summed E-state index contributed by atoms with van der Waals surface area (Å²) < 4.78 is 0. The van der Waals surface area contributed by atoms with Crippen molar-refractivity contribution in [2.45, 2.75) is 23.6 Å². The number of amides is 1. The van der Waals surface area contributed by atoms with Crippen LogP contribution < -0.4 is 10.6 Å². The van der Waals surface area contributed by atoms with Crippen molar-refractivity contribution in [3.8, 4) is 0 Å². The summed E-state index contributed by atoms with van der Waals surface area (Å²) in [5.74, 6) is -0.0745. The summed E-state index contributed by atoms with van der Waals surface area (Å²) in [6, 6.07) is 20.1. The lowest BCUT2D eigenvalue weighted by Gasteiger charge is -2.14. The number of nitrogens with zero attached hydrogens (tertiary/aromatic N) is 2. The van der Waals surface area contributed by atoms with Crippen LogP contribution in [0.2, 0.25) is 0 Å². The molecule has 0 aliphatic rings. The average Bonchev–Trinajstić information content (AvgIpc) is 2.71. The van der Waals surface area contributed by atoms with Crippen molar-refractivity contribution < 1.29 is 4.79 Å². The summed E-state index contributed by atoms with van der Waals surface area (Å²) in [5, 5.41) is 7.33. The molecular formula is C23H20N4OS. The minimum atomic E-state index is -0.0745. The topological polar surface area (TPSA) is 66.9 Å². The highest BCUT2D eigenvalue weighted by Crippen LogP contribution is 2.37. The molecule has 144 valence electrons. The molecule has 6 heteroatoms.